The molecule has 2 aromatic rings. The Morgan fingerprint density at radius 3 is 2.54 bits per heavy atom. The predicted molar refractivity (Wildman–Crippen MR) is 77.6 cm³/mol. The molecule has 1 heterocycles. The van der Waals surface area contributed by atoms with Gasteiger partial charge in [-0.25, -0.2) is 0 Å². The lowest BCUT2D eigenvalue weighted by Gasteiger charge is -2.23. The van der Waals surface area contributed by atoms with Crippen molar-refractivity contribution in [3.05, 3.63) is 63.1 Å². The summed E-state index contributed by atoms with van der Waals surface area (Å²) in [4.78, 5) is 22.8. The first-order valence-electron chi connectivity index (χ1n) is 6.50. The van der Waals surface area contributed by atoms with E-state index in [0.29, 0.717) is 4.90 Å². The summed E-state index contributed by atoms with van der Waals surface area (Å²) in [5.74, 6) is -0.853. The number of hydrogen-bond donors (Lipinski definition) is 0. The molecule has 1 aromatic heterocycles. The molecule has 0 aliphatic carbocycles. The minimum absolute atomic E-state index is 0.158. The van der Waals surface area contributed by atoms with E-state index in [1.807, 2.05) is 0 Å². The van der Waals surface area contributed by atoms with Crippen molar-refractivity contribution in [2.45, 2.75) is 12.7 Å². The van der Waals surface area contributed by atoms with Crippen LogP contribution in [0.25, 0.3) is 0 Å². The van der Waals surface area contributed by atoms with Gasteiger partial charge >= 0.3 is 6.18 Å². The number of rotatable bonds is 5. The monoisotopic (exact) mass is 362 g/mol. The van der Waals surface area contributed by atoms with Gasteiger partial charge in [-0.05, 0) is 18.2 Å². The van der Waals surface area contributed by atoms with Crippen LogP contribution in [0.3, 0.4) is 0 Å². The van der Waals surface area contributed by atoms with E-state index in [4.69, 9.17) is 16.0 Å². The maximum absolute atomic E-state index is 12.7. The van der Waals surface area contributed by atoms with Crippen LogP contribution in [0.1, 0.15) is 16.1 Å². The van der Waals surface area contributed by atoms with Crippen molar-refractivity contribution in [2.75, 3.05) is 6.54 Å². The van der Waals surface area contributed by atoms with Gasteiger partial charge in [0.15, 0.2) is 0 Å². The van der Waals surface area contributed by atoms with Crippen LogP contribution in [0.2, 0.25) is 5.02 Å². The van der Waals surface area contributed by atoms with E-state index in [9.17, 15) is 28.1 Å². The van der Waals surface area contributed by atoms with E-state index >= 15 is 0 Å². The van der Waals surface area contributed by atoms with Gasteiger partial charge in [0.05, 0.1) is 28.3 Å². The second-order valence-corrected chi connectivity index (χ2v) is 5.18. The molecule has 1 amide bonds. The number of alkyl halides is 3. The lowest BCUT2D eigenvalue weighted by atomic mass is 10.1. The molecule has 0 aliphatic heterocycles. The van der Waals surface area contributed by atoms with Gasteiger partial charge in [0.2, 0.25) is 0 Å². The maximum Gasteiger partial charge on any atom is 0.406 e. The molecule has 0 N–H and O–H groups in total. The number of hydrogen-bond acceptors (Lipinski definition) is 4. The smallest absolute Gasteiger partial charge is 0.406 e. The van der Waals surface area contributed by atoms with Crippen LogP contribution in [-0.4, -0.2) is 28.5 Å². The molecule has 0 spiro atoms. The Kier molecular flexibility index (Phi) is 5.13. The zero-order chi connectivity index (χ0) is 17.9. The van der Waals surface area contributed by atoms with Gasteiger partial charge in [-0.1, -0.05) is 11.6 Å². The SMILES string of the molecule is O=C(c1ccc([N+](=O)[O-])cc1Cl)N(Cc1ccco1)CC(F)(F)F. The Balaban J connectivity index is 2.31. The highest BCUT2D eigenvalue weighted by molar-refractivity contribution is 6.34. The van der Waals surface area contributed by atoms with Crippen molar-refractivity contribution in [2.24, 2.45) is 0 Å². The molecule has 0 fully saturated rings. The topological polar surface area (TPSA) is 76.6 Å². The number of non-ortho nitro benzene ring substituents is 1. The molecular formula is C14H10ClF3N2O4. The van der Waals surface area contributed by atoms with Gasteiger partial charge < -0.3 is 9.32 Å². The van der Waals surface area contributed by atoms with E-state index in [1.54, 1.807) is 0 Å². The Morgan fingerprint density at radius 2 is 2.04 bits per heavy atom. The Bertz CT molecular complexity index is 747. The minimum Gasteiger partial charge on any atom is -0.467 e. The van der Waals surface area contributed by atoms with E-state index in [1.165, 1.54) is 18.4 Å². The number of furan rings is 1. The average molecular weight is 363 g/mol. The molecule has 24 heavy (non-hydrogen) atoms. The number of halogens is 4. The Hall–Kier alpha value is -2.55. The van der Waals surface area contributed by atoms with Crippen molar-refractivity contribution in [1.82, 2.24) is 4.90 Å². The Morgan fingerprint density at radius 1 is 1.33 bits per heavy atom. The van der Waals surface area contributed by atoms with Gasteiger partial charge in [-0.3, -0.25) is 14.9 Å². The second-order valence-electron chi connectivity index (χ2n) is 4.78. The quantitative estimate of drug-likeness (QED) is 0.594. The molecule has 0 unspecified atom stereocenters. The van der Waals surface area contributed by atoms with Gasteiger partial charge in [0, 0.05) is 12.1 Å². The summed E-state index contributed by atoms with van der Waals surface area (Å²) in [7, 11) is 0. The third-order valence-electron chi connectivity index (χ3n) is 2.98. The van der Waals surface area contributed by atoms with Crippen LogP contribution >= 0.6 is 11.6 Å². The first-order chi connectivity index (χ1) is 11.2. The van der Waals surface area contributed by atoms with Crippen molar-refractivity contribution in [1.29, 1.82) is 0 Å². The average Bonchev–Trinajstić information content (AvgIpc) is 2.97. The zero-order valence-electron chi connectivity index (χ0n) is 11.9. The Labute approximate surface area is 138 Å². The molecule has 128 valence electrons. The molecule has 0 radical (unpaired) electrons. The van der Waals surface area contributed by atoms with Gasteiger partial charge in [-0.2, -0.15) is 13.2 Å². The first kappa shape index (κ1) is 17.8. The molecule has 0 aliphatic rings. The number of nitrogens with zero attached hydrogens (tertiary/aromatic N) is 2. The summed E-state index contributed by atoms with van der Waals surface area (Å²) >= 11 is 5.81. The summed E-state index contributed by atoms with van der Waals surface area (Å²) in [6.45, 7) is -1.93. The number of nitro benzene ring substituents is 1. The number of amides is 1. The molecule has 0 bridgehead atoms. The molecule has 1 aromatic carbocycles. The summed E-state index contributed by atoms with van der Waals surface area (Å²) < 4.78 is 43.2. The van der Waals surface area contributed by atoms with Crippen LogP contribution in [0, 0.1) is 10.1 Å². The van der Waals surface area contributed by atoms with Gasteiger partial charge in [0.25, 0.3) is 11.6 Å². The van der Waals surface area contributed by atoms with Crippen LogP contribution in [0.5, 0.6) is 0 Å². The van der Waals surface area contributed by atoms with Gasteiger partial charge in [0.1, 0.15) is 12.3 Å². The number of benzene rings is 1. The standard InChI is InChI=1S/C14H10ClF3N2O4/c15-12-6-9(20(22)23)3-4-11(12)13(21)19(8-14(16,17)18)7-10-2-1-5-24-10/h1-6H,7-8H2. The first-order valence-corrected chi connectivity index (χ1v) is 6.87. The number of nitro groups is 1. The van der Waals surface area contributed by atoms with Crippen molar-refractivity contribution in [3.8, 4) is 0 Å². The highest BCUT2D eigenvalue weighted by Crippen LogP contribution is 2.26. The molecular weight excluding hydrogens is 353 g/mol. The van der Waals surface area contributed by atoms with E-state index < -0.39 is 30.1 Å². The zero-order valence-corrected chi connectivity index (χ0v) is 12.7. The summed E-state index contributed by atoms with van der Waals surface area (Å²) in [5.41, 5.74) is -0.636. The van der Waals surface area contributed by atoms with Crippen molar-refractivity contribution in [3.63, 3.8) is 0 Å². The predicted octanol–water partition coefficient (Wildman–Crippen LogP) is 4.05. The fourth-order valence-corrected chi connectivity index (χ4v) is 2.22. The third-order valence-corrected chi connectivity index (χ3v) is 3.29. The molecule has 2 rings (SSSR count). The van der Waals surface area contributed by atoms with Crippen LogP contribution in [-0.2, 0) is 6.54 Å². The van der Waals surface area contributed by atoms with Crippen LogP contribution in [0.15, 0.2) is 41.0 Å². The third kappa shape index (κ3) is 4.48. The number of carbonyl (C=O) groups excluding carboxylic acids is 1. The number of carbonyl (C=O) groups is 1. The molecule has 10 heteroatoms. The molecule has 0 saturated heterocycles. The summed E-state index contributed by atoms with van der Waals surface area (Å²) in [6, 6.07) is 5.83. The van der Waals surface area contributed by atoms with Crippen molar-refractivity contribution >= 4 is 23.2 Å². The minimum atomic E-state index is -4.63. The second kappa shape index (κ2) is 6.91. The summed E-state index contributed by atoms with van der Waals surface area (Å²) in [6.07, 6.45) is -3.36. The largest absolute Gasteiger partial charge is 0.467 e. The van der Waals surface area contributed by atoms with Crippen molar-refractivity contribution < 1.29 is 27.3 Å². The fraction of sp³-hybridized carbons (Fsp3) is 0.214. The van der Waals surface area contributed by atoms with Crippen LogP contribution < -0.4 is 0 Å². The van der Waals surface area contributed by atoms with E-state index in [2.05, 4.69) is 0 Å². The van der Waals surface area contributed by atoms with E-state index in [-0.39, 0.29) is 22.0 Å². The highest BCUT2D eigenvalue weighted by Gasteiger charge is 2.34. The molecule has 6 nitrogen and oxygen atoms in total. The lowest BCUT2D eigenvalue weighted by molar-refractivity contribution is -0.384. The van der Waals surface area contributed by atoms with E-state index in [0.717, 1.165) is 18.2 Å². The van der Waals surface area contributed by atoms with Crippen LogP contribution in [0.4, 0.5) is 18.9 Å². The van der Waals surface area contributed by atoms with Gasteiger partial charge in [-0.15, -0.1) is 0 Å². The summed E-state index contributed by atoms with van der Waals surface area (Å²) in [5, 5.41) is 10.4. The molecule has 0 atom stereocenters. The molecule has 0 saturated carbocycles. The lowest BCUT2D eigenvalue weighted by Crippen LogP contribution is -2.38. The maximum atomic E-state index is 12.7. The highest BCUT2D eigenvalue weighted by atomic mass is 35.5. The normalized spacial score (nSPS) is 11.3. The fourth-order valence-electron chi connectivity index (χ4n) is 1.97.